The molecule has 0 unspecified atom stereocenters. The van der Waals surface area contributed by atoms with Crippen molar-refractivity contribution >= 4 is 28.3 Å². The molecule has 0 aliphatic carbocycles. The number of carbonyl (C=O) groups excluding carboxylic acids is 1. The lowest BCUT2D eigenvalue weighted by atomic mass is 10.0. The van der Waals surface area contributed by atoms with Gasteiger partial charge >= 0.3 is 6.18 Å². The number of carbonyl (C=O) groups is 1. The smallest absolute Gasteiger partial charge is 0.416 e. The number of nitrogens with zero attached hydrogens (tertiary/aromatic N) is 2. The van der Waals surface area contributed by atoms with Gasteiger partial charge in [0.05, 0.1) is 10.4 Å². The van der Waals surface area contributed by atoms with E-state index < -0.39 is 11.7 Å². The highest BCUT2D eigenvalue weighted by molar-refractivity contribution is 7.12. The summed E-state index contributed by atoms with van der Waals surface area (Å²) in [6, 6.07) is 13.7. The van der Waals surface area contributed by atoms with Crippen molar-refractivity contribution in [3.8, 4) is 11.1 Å². The Balaban J connectivity index is 1.47. The summed E-state index contributed by atoms with van der Waals surface area (Å²) in [5.41, 5.74) is 1.48. The second-order valence-corrected chi connectivity index (χ2v) is 8.39. The van der Waals surface area contributed by atoms with Crippen LogP contribution >= 0.6 is 11.3 Å². The van der Waals surface area contributed by atoms with Crippen LogP contribution in [0.25, 0.3) is 22.2 Å². The van der Waals surface area contributed by atoms with Crippen molar-refractivity contribution in [2.24, 2.45) is 0 Å². The Morgan fingerprint density at radius 3 is 2.71 bits per heavy atom. The van der Waals surface area contributed by atoms with Crippen LogP contribution in [0.3, 0.4) is 0 Å². The Morgan fingerprint density at radius 1 is 1.10 bits per heavy atom. The molecule has 4 nitrogen and oxygen atoms in total. The summed E-state index contributed by atoms with van der Waals surface area (Å²) in [6.07, 6.45) is -2.79. The minimum absolute atomic E-state index is 0.0376. The Kier molecular flexibility index (Phi) is 4.81. The van der Waals surface area contributed by atoms with Gasteiger partial charge in [0.2, 0.25) is 5.89 Å². The van der Waals surface area contributed by atoms with Crippen LogP contribution in [0.15, 0.2) is 64.4 Å². The number of fused-ring (bicyclic) bond motifs is 1. The van der Waals surface area contributed by atoms with Crippen molar-refractivity contribution in [3.63, 3.8) is 0 Å². The van der Waals surface area contributed by atoms with Gasteiger partial charge in [-0.15, -0.1) is 11.3 Å². The van der Waals surface area contributed by atoms with Crippen molar-refractivity contribution in [1.29, 1.82) is 0 Å². The van der Waals surface area contributed by atoms with E-state index in [9.17, 15) is 18.0 Å². The summed E-state index contributed by atoms with van der Waals surface area (Å²) >= 11 is 1.40. The number of rotatable bonds is 3. The molecule has 0 radical (unpaired) electrons. The minimum atomic E-state index is -4.40. The van der Waals surface area contributed by atoms with Gasteiger partial charge in [-0.25, -0.2) is 4.98 Å². The number of likely N-dealkylation sites (tertiary alicyclic amines) is 1. The number of hydrogen-bond acceptors (Lipinski definition) is 4. The predicted octanol–water partition coefficient (Wildman–Crippen LogP) is 6.55. The lowest BCUT2D eigenvalue weighted by Gasteiger charge is -2.21. The molecule has 1 atom stereocenters. The maximum atomic E-state index is 13.1. The van der Waals surface area contributed by atoms with Gasteiger partial charge in [-0.05, 0) is 59.7 Å². The molecule has 8 heteroatoms. The molecule has 1 aliphatic heterocycles. The number of amides is 1. The van der Waals surface area contributed by atoms with Gasteiger partial charge in [-0.2, -0.15) is 13.2 Å². The molecule has 158 valence electrons. The van der Waals surface area contributed by atoms with E-state index in [4.69, 9.17) is 4.42 Å². The number of aromatic nitrogens is 1. The Morgan fingerprint density at radius 2 is 1.94 bits per heavy atom. The maximum absolute atomic E-state index is 13.1. The first kappa shape index (κ1) is 19.8. The lowest BCUT2D eigenvalue weighted by Crippen LogP contribution is -2.30. The van der Waals surface area contributed by atoms with Gasteiger partial charge < -0.3 is 9.32 Å². The molecule has 0 spiro atoms. The second kappa shape index (κ2) is 7.53. The van der Waals surface area contributed by atoms with E-state index in [1.165, 1.54) is 17.4 Å². The van der Waals surface area contributed by atoms with Gasteiger partial charge in [0.25, 0.3) is 5.91 Å². The quantitative estimate of drug-likeness (QED) is 0.361. The zero-order valence-corrected chi connectivity index (χ0v) is 17.0. The number of benzene rings is 2. The molecule has 0 saturated carbocycles. The highest BCUT2D eigenvalue weighted by Crippen LogP contribution is 2.36. The molecule has 4 aromatic rings. The van der Waals surface area contributed by atoms with Crippen LogP contribution in [-0.2, 0) is 6.18 Å². The molecule has 31 heavy (non-hydrogen) atoms. The average molecular weight is 442 g/mol. The molecular weight excluding hydrogens is 425 g/mol. The molecular formula is C23H17F3N2O2S. The maximum Gasteiger partial charge on any atom is 0.416 e. The molecule has 0 bridgehead atoms. The SMILES string of the molecule is O=C(c1cccs1)N1CCC[C@H]1c1nc2cc(-c3cccc(C(F)(F)F)c3)ccc2o1. The van der Waals surface area contributed by atoms with Crippen molar-refractivity contribution in [1.82, 2.24) is 9.88 Å². The Bertz CT molecular complexity index is 1250. The fourth-order valence-electron chi connectivity index (χ4n) is 3.95. The van der Waals surface area contributed by atoms with Gasteiger partial charge in [-0.1, -0.05) is 24.3 Å². The molecule has 1 saturated heterocycles. The van der Waals surface area contributed by atoms with Crippen molar-refractivity contribution < 1.29 is 22.4 Å². The first-order chi connectivity index (χ1) is 14.9. The number of oxazole rings is 1. The van der Waals surface area contributed by atoms with Crippen molar-refractivity contribution in [2.45, 2.75) is 25.1 Å². The van der Waals surface area contributed by atoms with E-state index in [0.29, 0.717) is 39.5 Å². The second-order valence-electron chi connectivity index (χ2n) is 7.45. The molecule has 1 aliphatic rings. The largest absolute Gasteiger partial charge is 0.438 e. The van der Waals surface area contributed by atoms with Crippen molar-refractivity contribution in [3.05, 3.63) is 76.3 Å². The van der Waals surface area contributed by atoms with Gasteiger partial charge in [-0.3, -0.25) is 4.79 Å². The summed E-state index contributed by atoms with van der Waals surface area (Å²) in [5, 5.41) is 1.87. The molecule has 1 amide bonds. The summed E-state index contributed by atoms with van der Waals surface area (Å²) < 4.78 is 45.1. The number of alkyl halides is 3. The third kappa shape index (κ3) is 3.72. The molecule has 2 aromatic carbocycles. The zero-order chi connectivity index (χ0) is 21.6. The van der Waals surface area contributed by atoms with Crippen LogP contribution in [-0.4, -0.2) is 22.3 Å². The van der Waals surface area contributed by atoms with Crippen LogP contribution in [0, 0.1) is 0 Å². The first-order valence-corrected chi connectivity index (χ1v) is 10.7. The normalized spacial score (nSPS) is 16.9. The summed E-state index contributed by atoms with van der Waals surface area (Å²) in [6.45, 7) is 0.635. The number of thiophene rings is 1. The Labute approximate surface area is 179 Å². The van der Waals surface area contributed by atoms with Gasteiger partial charge in [0.15, 0.2) is 5.58 Å². The predicted molar refractivity (Wildman–Crippen MR) is 112 cm³/mol. The lowest BCUT2D eigenvalue weighted by molar-refractivity contribution is -0.137. The van der Waals surface area contributed by atoms with E-state index in [1.807, 2.05) is 11.4 Å². The van der Waals surface area contributed by atoms with E-state index in [-0.39, 0.29) is 11.9 Å². The molecule has 0 N–H and O–H groups in total. The van der Waals surface area contributed by atoms with E-state index in [0.717, 1.165) is 25.0 Å². The number of halogens is 3. The average Bonchev–Trinajstić information content (AvgIpc) is 3.52. The Hall–Kier alpha value is -3.13. The van der Waals surface area contributed by atoms with E-state index in [2.05, 4.69) is 4.98 Å². The summed E-state index contributed by atoms with van der Waals surface area (Å²) in [7, 11) is 0. The minimum Gasteiger partial charge on any atom is -0.438 e. The summed E-state index contributed by atoms with van der Waals surface area (Å²) in [4.78, 5) is 19.9. The molecule has 5 rings (SSSR count). The monoisotopic (exact) mass is 442 g/mol. The third-order valence-corrected chi connectivity index (χ3v) is 6.32. The highest BCUT2D eigenvalue weighted by atomic mass is 32.1. The molecule has 3 heterocycles. The van der Waals surface area contributed by atoms with E-state index in [1.54, 1.807) is 35.2 Å². The first-order valence-electron chi connectivity index (χ1n) is 9.83. The third-order valence-electron chi connectivity index (χ3n) is 5.46. The van der Waals surface area contributed by atoms with Crippen LogP contribution in [0.1, 0.15) is 40.0 Å². The fraction of sp³-hybridized carbons (Fsp3) is 0.217. The standard InChI is InChI=1S/C23H17F3N2O2S/c24-23(25,26)16-5-1-4-14(12-16)15-8-9-19-17(13-15)27-21(30-19)18-6-2-10-28(18)22(29)20-7-3-11-31-20/h1,3-5,7-9,11-13,18H,2,6,10H2/t18-/m0/s1. The van der Waals surface area contributed by atoms with Gasteiger partial charge in [0.1, 0.15) is 11.6 Å². The number of hydrogen-bond donors (Lipinski definition) is 0. The van der Waals surface area contributed by atoms with Crippen molar-refractivity contribution in [2.75, 3.05) is 6.54 Å². The van der Waals surface area contributed by atoms with E-state index >= 15 is 0 Å². The fourth-order valence-corrected chi connectivity index (χ4v) is 4.63. The van der Waals surface area contributed by atoms with Crippen LogP contribution in [0.5, 0.6) is 0 Å². The van der Waals surface area contributed by atoms with Crippen LogP contribution < -0.4 is 0 Å². The van der Waals surface area contributed by atoms with Gasteiger partial charge in [0, 0.05) is 6.54 Å². The van der Waals surface area contributed by atoms with Crippen LogP contribution in [0.2, 0.25) is 0 Å². The highest BCUT2D eigenvalue weighted by Gasteiger charge is 2.34. The molecule has 1 fully saturated rings. The molecule has 2 aromatic heterocycles. The topological polar surface area (TPSA) is 46.3 Å². The van der Waals surface area contributed by atoms with Crippen LogP contribution in [0.4, 0.5) is 13.2 Å². The zero-order valence-electron chi connectivity index (χ0n) is 16.2. The summed E-state index contributed by atoms with van der Waals surface area (Å²) in [5.74, 6) is 0.419.